The number of phosphoric acid groups is 1. The molecule has 0 bridgehead atoms. The van der Waals surface area contributed by atoms with Crippen LogP contribution in [-0.4, -0.2) is 77.6 Å². The molecule has 0 radical (unpaired) electrons. The Morgan fingerprint density at radius 1 is 0.522 bits per heavy atom. The van der Waals surface area contributed by atoms with Gasteiger partial charge < -0.3 is 14.4 Å². The molecule has 1 heterocycles. The van der Waals surface area contributed by atoms with Crippen LogP contribution in [0.1, 0.15) is 245 Å². The zero-order valence-electron chi connectivity index (χ0n) is 42.0. The van der Waals surface area contributed by atoms with E-state index in [9.17, 15) is 38.2 Å². The van der Waals surface area contributed by atoms with Crippen molar-refractivity contribution in [3.8, 4) is 0 Å². The summed E-state index contributed by atoms with van der Waals surface area (Å²) >= 11 is 0. The molecule has 0 aromatic rings. The molecule has 67 heavy (non-hydrogen) atoms. The topological polar surface area (TPSA) is 180 Å². The van der Waals surface area contributed by atoms with E-state index in [1.54, 1.807) is 0 Å². The molecule has 386 valence electrons. The van der Waals surface area contributed by atoms with E-state index in [1.165, 1.54) is 77.0 Å². The molecule has 2 amide bonds. The number of unbranched alkanes of at least 4 members (excludes halogenated alkanes) is 23. The molecule has 2 unspecified atom stereocenters. The average molecular weight is 966 g/mol. The number of hydrogen-bond donors (Lipinski definition) is 1. The van der Waals surface area contributed by atoms with Gasteiger partial charge in [0, 0.05) is 44.9 Å². The number of imide groups is 1. The SMILES string of the molecule is CCCCCCCC/C=C\CCCCCCCC(=O)OCC(COP(=O)(O)OCCCC(=O)CCCCC(=O)CN1C(=O)CCC1=O)OC(=O)CCCCCCC/C=C\CCCCCCCC. The summed E-state index contributed by atoms with van der Waals surface area (Å²) in [7, 11) is -4.60. The molecule has 13 nitrogen and oxygen atoms in total. The summed E-state index contributed by atoms with van der Waals surface area (Å²) in [5.74, 6) is -1.95. The van der Waals surface area contributed by atoms with E-state index in [0.717, 1.165) is 81.9 Å². The Bertz CT molecular complexity index is 1430. The van der Waals surface area contributed by atoms with E-state index in [0.29, 0.717) is 25.7 Å². The lowest BCUT2D eigenvalue weighted by atomic mass is 10.1. The number of carbonyl (C=O) groups excluding carboxylic acids is 6. The molecule has 14 heteroatoms. The number of hydrogen-bond acceptors (Lipinski definition) is 11. The summed E-state index contributed by atoms with van der Waals surface area (Å²) in [4.78, 5) is 84.7. The van der Waals surface area contributed by atoms with Crippen LogP contribution in [-0.2, 0) is 51.9 Å². The van der Waals surface area contributed by atoms with Crippen molar-refractivity contribution < 1.29 is 56.7 Å². The Hall–Kier alpha value is -2.99. The quantitative estimate of drug-likeness (QED) is 0.0201. The minimum atomic E-state index is -4.60. The summed E-state index contributed by atoms with van der Waals surface area (Å²) < 4.78 is 33.9. The van der Waals surface area contributed by atoms with Crippen molar-refractivity contribution >= 4 is 43.1 Å². The molecule has 0 aromatic carbocycles. The molecule has 0 aliphatic carbocycles. The number of amides is 2. The summed E-state index contributed by atoms with van der Waals surface area (Å²) in [6.07, 6.45) is 39.9. The number of ketones is 2. The predicted octanol–water partition coefficient (Wildman–Crippen LogP) is 13.3. The van der Waals surface area contributed by atoms with Crippen molar-refractivity contribution in [2.24, 2.45) is 0 Å². The molecule has 2 atom stereocenters. The van der Waals surface area contributed by atoms with Gasteiger partial charge in [0.15, 0.2) is 11.9 Å². The number of phosphoric ester groups is 1. The van der Waals surface area contributed by atoms with Gasteiger partial charge in [0.05, 0.1) is 19.8 Å². The lowest BCUT2D eigenvalue weighted by molar-refractivity contribution is -0.161. The highest BCUT2D eigenvalue weighted by atomic mass is 31.2. The van der Waals surface area contributed by atoms with Gasteiger partial charge in [-0.25, -0.2) is 4.57 Å². The summed E-state index contributed by atoms with van der Waals surface area (Å²) in [5, 5.41) is 0. The van der Waals surface area contributed by atoms with Crippen LogP contribution in [0.5, 0.6) is 0 Å². The van der Waals surface area contributed by atoms with Gasteiger partial charge in [-0.2, -0.15) is 0 Å². The van der Waals surface area contributed by atoms with Crippen LogP contribution in [0.3, 0.4) is 0 Å². The number of allylic oxidation sites excluding steroid dienone is 4. The standard InChI is InChI=1S/C53H92NO12P/c1-3-5-7-9-11-13-15-17-19-21-23-25-27-29-31-39-52(59)63-45-49(66-53(60)40-32-30-28-26-24-22-20-18-16-14-12-10-8-6-4-2)46-65-67(61,62)64-43-35-38-47(55)36-33-34-37-48(56)44-54-50(57)41-42-51(54)58/h17-20,49H,3-16,21-46H2,1-2H3,(H,61,62)/b19-17-,20-18-. The minimum absolute atomic E-state index is 0.0912. The summed E-state index contributed by atoms with van der Waals surface area (Å²) in [6, 6.07) is 0. The number of ether oxygens (including phenoxy) is 2. The molecule has 1 aliphatic heterocycles. The zero-order chi connectivity index (χ0) is 49.1. The first kappa shape index (κ1) is 62.0. The molecular weight excluding hydrogens is 874 g/mol. The highest BCUT2D eigenvalue weighted by molar-refractivity contribution is 7.47. The van der Waals surface area contributed by atoms with Gasteiger partial charge in [0.25, 0.3) is 0 Å². The van der Waals surface area contributed by atoms with E-state index in [-0.39, 0.29) is 94.5 Å². The predicted molar refractivity (Wildman–Crippen MR) is 265 cm³/mol. The first-order chi connectivity index (χ1) is 32.5. The van der Waals surface area contributed by atoms with Crippen molar-refractivity contribution in [3.05, 3.63) is 24.3 Å². The summed E-state index contributed by atoms with van der Waals surface area (Å²) in [5.41, 5.74) is 0. The van der Waals surface area contributed by atoms with E-state index in [2.05, 4.69) is 38.2 Å². The van der Waals surface area contributed by atoms with E-state index in [4.69, 9.17) is 18.5 Å². The van der Waals surface area contributed by atoms with Crippen LogP contribution in [0.15, 0.2) is 24.3 Å². The van der Waals surface area contributed by atoms with Crippen molar-refractivity contribution in [1.82, 2.24) is 4.90 Å². The number of likely N-dealkylation sites (tertiary alicyclic amines) is 1. The Morgan fingerprint density at radius 2 is 0.925 bits per heavy atom. The van der Waals surface area contributed by atoms with E-state index in [1.807, 2.05) is 0 Å². The average Bonchev–Trinajstić information content (AvgIpc) is 3.62. The normalized spacial score (nSPS) is 14.3. The maximum absolute atomic E-state index is 12.8. The monoisotopic (exact) mass is 966 g/mol. The molecule has 0 saturated carbocycles. The van der Waals surface area contributed by atoms with Crippen LogP contribution in [0.25, 0.3) is 0 Å². The molecule has 0 aromatic heterocycles. The number of rotatable bonds is 48. The number of carbonyl (C=O) groups is 6. The van der Waals surface area contributed by atoms with E-state index >= 15 is 0 Å². The number of esters is 2. The minimum Gasteiger partial charge on any atom is -0.462 e. The Kier molecular flexibility index (Phi) is 39.9. The van der Waals surface area contributed by atoms with Gasteiger partial charge in [0.1, 0.15) is 12.4 Å². The summed E-state index contributed by atoms with van der Waals surface area (Å²) in [6.45, 7) is 3.17. The number of Topliss-reactive ketones (excluding diaryl/α,β-unsaturated/α-hetero) is 2. The van der Waals surface area contributed by atoms with E-state index < -0.39 is 32.5 Å². The highest BCUT2D eigenvalue weighted by Crippen LogP contribution is 2.43. The van der Waals surface area contributed by atoms with Gasteiger partial charge in [-0.1, -0.05) is 141 Å². The van der Waals surface area contributed by atoms with Crippen LogP contribution < -0.4 is 0 Å². The third kappa shape index (κ3) is 38.5. The highest BCUT2D eigenvalue weighted by Gasteiger charge is 2.30. The van der Waals surface area contributed by atoms with Crippen LogP contribution in [0.2, 0.25) is 0 Å². The maximum atomic E-state index is 12.8. The molecular formula is C53H92NO12P. The first-order valence-electron chi connectivity index (χ1n) is 26.6. The van der Waals surface area contributed by atoms with Crippen molar-refractivity contribution in [3.63, 3.8) is 0 Å². The Morgan fingerprint density at radius 3 is 1.42 bits per heavy atom. The smallest absolute Gasteiger partial charge is 0.462 e. The van der Waals surface area contributed by atoms with Gasteiger partial charge >= 0.3 is 19.8 Å². The van der Waals surface area contributed by atoms with Crippen molar-refractivity contribution in [2.75, 3.05) is 26.4 Å². The second kappa shape index (κ2) is 43.1. The van der Waals surface area contributed by atoms with Crippen LogP contribution in [0.4, 0.5) is 0 Å². The molecule has 1 saturated heterocycles. The Labute approximate surface area is 405 Å². The molecule has 1 N–H and O–H groups in total. The maximum Gasteiger partial charge on any atom is 0.472 e. The van der Waals surface area contributed by atoms with Crippen molar-refractivity contribution in [2.45, 2.75) is 251 Å². The molecule has 1 aliphatic rings. The van der Waals surface area contributed by atoms with Gasteiger partial charge in [-0.05, 0) is 83.5 Å². The van der Waals surface area contributed by atoms with Crippen LogP contribution in [0, 0.1) is 0 Å². The molecule has 0 spiro atoms. The lowest BCUT2D eigenvalue weighted by Gasteiger charge is -2.20. The second-order valence-corrected chi connectivity index (χ2v) is 19.8. The zero-order valence-corrected chi connectivity index (χ0v) is 42.9. The second-order valence-electron chi connectivity index (χ2n) is 18.3. The van der Waals surface area contributed by atoms with Crippen LogP contribution >= 0.6 is 7.82 Å². The fourth-order valence-corrected chi connectivity index (χ4v) is 8.58. The molecule has 1 fully saturated rings. The third-order valence-corrected chi connectivity index (χ3v) is 12.9. The largest absolute Gasteiger partial charge is 0.472 e. The number of nitrogens with zero attached hydrogens (tertiary/aromatic N) is 1. The lowest BCUT2D eigenvalue weighted by Crippen LogP contribution is -2.34. The van der Waals surface area contributed by atoms with Gasteiger partial charge in [0.2, 0.25) is 11.8 Å². The first-order valence-corrected chi connectivity index (χ1v) is 28.1. The van der Waals surface area contributed by atoms with Gasteiger partial charge in [-0.15, -0.1) is 0 Å². The molecule has 1 rings (SSSR count). The third-order valence-electron chi connectivity index (χ3n) is 11.9. The Balaban J connectivity index is 2.40. The van der Waals surface area contributed by atoms with Crippen molar-refractivity contribution in [1.29, 1.82) is 0 Å². The fraction of sp³-hybridized carbons (Fsp3) is 0.811. The van der Waals surface area contributed by atoms with Gasteiger partial charge in [-0.3, -0.25) is 42.7 Å². The fourth-order valence-electron chi connectivity index (χ4n) is 7.79.